The molecular weight excluding hydrogens is 256 g/mol. The summed E-state index contributed by atoms with van der Waals surface area (Å²) < 4.78 is 6.17. The summed E-state index contributed by atoms with van der Waals surface area (Å²) >= 11 is 3.34. The van der Waals surface area contributed by atoms with E-state index in [9.17, 15) is 4.79 Å². The van der Waals surface area contributed by atoms with E-state index in [1.54, 1.807) is 0 Å². The van der Waals surface area contributed by atoms with Crippen LogP contribution in [-0.4, -0.2) is 19.0 Å². The smallest absolute Gasteiger partial charge is 0.162 e. The molecule has 0 aliphatic heterocycles. The number of ketones is 1. The van der Waals surface area contributed by atoms with Gasteiger partial charge in [0.05, 0.1) is 0 Å². The Kier molecular flexibility index (Phi) is 5.58. The van der Waals surface area contributed by atoms with Gasteiger partial charge in [0.25, 0.3) is 0 Å². The van der Waals surface area contributed by atoms with Crippen molar-refractivity contribution in [3.8, 4) is 0 Å². The first-order valence-corrected chi connectivity index (χ1v) is 5.90. The highest BCUT2D eigenvalue weighted by atomic mass is 79.9. The van der Waals surface area contributed by atoms with Crippen molar-refractivity contribution in [2.75, 3.05) is 13.2 Å². The van der Waals surface area contributed by atoms with Crippen LogP contribution in [0.5, 0.6) is 0 Å². The molecule has 3 heteroatoms. The summed E-state index contributed by atoms with van der Waals surface area (Å²) in [6, 6.07) is 7.45. The largest absolute Gasteiger partial charge is 0.382 e. The lowest BCUT2D eigenvalue weighted by atomic mass is 10.1. The molecule has 0 aliphatic rings. The normalized spacial score (nSPS) is 10.3. The zero-order valence-corrected chi connectivity index (χ0v) is 10.4. The van der Waals surface area contributed by atoms with Gasteiger partial charge in [-0.15, -0.1) is 0 Å². The molecule has 0 spiro atoms. The zero-order valence-electron chi connectivity index (χ0n) is 8.83. The van der Waals surface area contributed by atoms with Crippen LogP contribution in [0, 0.1) is 0 Å². The van der Waals surface area contributed by atoms with Crippen LogP contribution in [0.2, 0.25) is 0 Å². The maximum Gasteiger partial charge on any atom is 0.162 e. The third kappa shape index (κ3) is 4.58. The highest BCUT2D eigenvalue weighted by molar-refractivity contribution is 9.10. The molecule has 2 nitrogen and oxygen atoms in total. The molecule has 0 saturated carbocycles. The minimum atomic E-state index is 0.183. The number of carbonyl (C=O) groups excluding carboxylic acids is 1. The monoisotopic (exact) mass is 270 g/mol. The van der Waals surface area contributed by atoms with E-state index in [2.05, 4.69) is 15.9 Å². The van der Waals surface area contributed by atoms with Crippen molar-refractivity contribution in [3.63, 3.8) is 0 Å². The van der Waals surface area contributed by atoms with Gasteiger partial charge in [-0.2, -0.15) is 0 Å². The van der Waals surface area contributed by atoms with Gasteiger partial charge in [-0.05, 0) is 25.5 Å². The highest BCUT2D eigenvalue weighted by Crippen LogP contribution is 2.12. The van der Waals surface area contributed by atoms with Crippen LogP contribution in [0.15, 0.2) is 28.7 Å². The Labute approximate surface area is 98.8 Å². The molecule has 0 bridgehead atoms. The molecule has 0 radical (unpaired) electrons. The van der Waals surface area contributed by atoms with Crippen molar-refractivity contribution in [1.29, 1.82) is 0 Å². The van der Waals surface area contributed by atoms with E-state index >= 15 is 0 Å². The SMILES string of the molecule is CCOCCCC(=O)c1ccc(Br)cc1. The molecule has 0 heterocycles. The highest BCUT2D eigenvalue weighted by Gasteiger charge is 2.04. The molecule has 82 valence electrons. The Morgan fingerprint density at radius 2 is 2.00 bits per heavy atom. The Balaban J connectivity index is 2.37. The van der Waals surface area contributed by atoms with Crippen LogP contribution in [0.25, 0.3) is 0 Å². The molecule has 1 aromatic rings. The maximum atomic E-state index is 11.6. The summed E-state index contributed by atoms with van der Waals surface area (Å²) in [6.07, 6.45) is 1.35. The van der Waals surface area contributed by atoms with Crippen molar-refractivity contribution >= 4 is 21.7 Å². The minimum absolute atomic E-state index is 0.183. The standard InChI is InChI=1S/C12H15BrO2/c1-2-15-9-3-4-12(14)10-5-7-11(13)8-6-10/h5-8H,2-4,9H2,1H3. The van der Waals surface area contributed by atoms with Gasteiger partial charge in [0.15, 0.2) is 5.78 Å². The van der Waals surface area contributed by atoms with E-state index in [0.29, 0.717) is 19.6 Å². The molecule has 0 unspecified atom stereocenters. The van der Waals surface area contributed by atoms with Gasteiger partial charge >= 0.3 is 0 Å². The fourth-order valence-corrected chi connectivity index (χ4v) is 1.52. The second-order valence-electron chi connectivity index (χ2n) is 3.23. The quantitative estimate of drug-likeness (QED) is 0.585. The third-order valence-electron chi connectivity index (χ3n) is 2.06. The predicted octanol–water partition coefficient (Wildman–Crippen LogP) is 3.45. The lowest BCUT2D eigenvalue weighted by Crippen LogP contribution is -2.02. The number of halogens is 1. The third-order valence-corrected chi connectivity index (χ3v) is 2.59. The second-order valence-corrected chi connectivity index (χ2v) is 4.15. The molecule has 0 aromatic heterocycles. The van der Waals surface area contributed by atoms with Gasteiger partial charge in [-0.3, -0.25) is 4.79 Å². The van der Waals surface area contributed by atoms with Crippen molar-refractivity contribution in [2.45, 2.75) is 19.8 Å². The van der Waals surface area contributed by atoms with Crippen LogP contribution < -0.4 is 0 Å². The molecule has 0 atom stereocenters. The minimum Gasteiger partial charge on any atom is -0.382 e. The Hall–Kier alpha value is -0.670. The van der Waals surface area contributed by atoms with Gasteiger partial charge < -0.3 is 4.74 Å². The average Bonchev–Trinajstić information content (AvgIpc) is 2.25. The van der Waals surface area contributed by atoms with E-state index in [0.717, 1.165) is 16.5 Å². The first-order valence-electron chi connectivity index (χ1n) is 5.10. The van der Waals surface area contributed by atoms with E-state index in [4.69, 9.17) is 4.74 Å². The molecule has 0 saturated heterocycles. The summed E-state index contributed by atoms with van der Waals surface area (Å²) in [5.41, 5.74) is 0.773. The van der Waals surface area contributed by atoms with Crippen LogP contribution >= 0.6 is 15.9 Å². The van der Waals surface area contributed by atoms with Crippen molar-refractivity contribution < 1.29 is 9.53 Å². The Morgan fingerprint density at radius 3 is 2.60 bits per heavy atom. The molecular formula is C12H15BrO2. The van der Waals surface area contributed by atoms with E-state index < -0.39 is 0 Å². The Bertz CT molecular complexity index is 306. The molecule has 15 heavy (non-hydrogen) atoms. The van der Waals surface area contributed by atoms with Crippen LogP contribution in [0.1, 0.15) is 30.1 Å². The number of ether oxygens (including phenoxy) is 1. The number of hydrogen-bond donors (Lipinski definition) is 0. The molecule has 1 aromatic carbocycles. The molecule has 0 N–H and O–H groups in total. The zero-order chi connectivity index (χ0) is 11.1. The summed E-state index contributed by atoms with van der Waals surface area (Å²) in [5.74, 6) is 0.183. The summed E-state index contributed by atoms with van der Waals surface area (Å²) in [6.45, 7) is 3.34. The number of carbonyl (C=O) groups is 1. The molecule has 1 rings (SSSR count). The fourth-order valence-electron chi connectivity index (χ4n) is 1.26. The van der Waals surface area contributed by atoms with Gasteiger partial charge in [0.2, 0.25) is 0 Å². The first kappa shape index (κ1) is 12.4. The number of rotatable bonds is 6. The lowest BCUT2D eigenvalue weighted by molar-refractivity contribution is 0.0947. The number of benzene rings is 1. The van der Waals surface area contributed by atoms with Crippen LogP contribution in [-0.2, 0) is 4.74 Å². The summed E-state index contributed by atoms with van der Waals surface area (Å²) in [7, 11) is 0. The van der Waals surface area contributed by atoms with Gasteiger partial charge in [0.1, 0.15) is 0 Å². The first-order chi connectivity index (χ1) is 7.24. The predicted molar refractivity (Wildman–Crippen MR) is 64.2 cm³/mol. The number of Topliss-reactive ketones (excluding diaryl/α,β-unsaturated/α-hetero) is 1. The number of hydrogen-bond acceptors (Lipinski definition) is 2. The van der Waals surface area contributed by atoms with E-state index in [1.807, 2.05) is 31.2 Å². The van der Waals surface area contributed by atoms with Crippen molar-refractivity contribution in [3.05, 3.63) is 34.3 Å². The second kappa shape index (κ2) is 6.75. The van der Waals surface area contributed by atoms with Crippen LogP contribution in [0.3, 0.4) is 0 Å². The molecule has 0 amide bonds. The van der Waals surface area contributed by atoms with E-state index in [1.165, 1.54) is 0 Å². The Morgan fingerprint density at radius 1 is 1.33 bits per heavy atom. The van der Waals surface area contributed by atoms with Crippen LogP contribution in [0.4, 0.5) is 0 Å². The maximum absolute atomic E-state index is 11.6. The average molecular weight is 271 g/mol. The topological polar surface area (TPSA) is 26.3 Å². The van der Waals surface area contributed by atoms with Gasteiger partial charge in [-0.25, -0.2) is 0 Å². The summed E-state index contributed by atoms with van der Waals surface area (Å²) in [4.78, 5) is 11.6. The van der Waals surface area contributed by atoms with Crippen molar-refractivity contribution in [2.24, 2.45) is 0 Å². The van der Waals surface area contributed by atoms with E-state index in [-0.39, 0.29) is 5.78 Å². The summed E-state index contributed by atoms with van der Waals surface area (Å²) in [5, 5.41) is 0. The lowest BCUT2D eigenvalue weighted by Gasteiger charge is -2.01. The molecule has 0 fully saturated rings. The van der Waals surface area contributed by atoms with Crippen molar-refractivity contribution in [1.82, 2.24) is 0 Å². The fraction of sp³-hybridized carbons (Fsp3) is 0.417. The van der Waals surface area contributed by atoms with Gasteiger partial charge in [0, 0.05) is 29.7 Å². The molecule has 0 aliphatic carbocycles. The van der Waals surface area contributed by atoms with Gasteiger partial charge in [-0.1, -0.05) is 28.1 Å².